The third-order valence-electron chi connectivity index (χ3n) is 3.71. The van der Waals surface area contributed by atoms with Gasteiger partial charge in [-0.05, 0) is 12.1 Å². The van der Waals surface area contributed by atoms with Gasteiger partial charge in [0.2, 0.25) is 17.2 Å². The highest BCUT2D eigenvalue weighted by molar-refractivity contribution is 5.94. The van der Waals surface area contributed by atoms with Gasteiger partial charge >= 0.3 is 0 Å². The smallest absolute Gasteiger partial charge is 0.208 e. The summed E-state index contributed by atoms with van der Waals surface area (Å²) >= 11 is 0. The number of benzene rings is 2. The van der Waals surface area contributed by atoms with Crippen LogP contribution in [0, 0.1) is 0 Å². The molecule has 0 atom stereocenters. The van der Waals surface area contributed by atoms with Crippen LogP contribution in [0.15, 0.2) is 33.5 Å². The molecule has 8 nitrogen and oxygen atoms in total. The van der Waals surface area contributed by atoms with E-state index in [9.17, 15) is 25.2 Å². The van der Waals surface area contributed by atoms with Crippen LogP contribution in [0.25, 0.3) is 22.3 Å². The van der Waals surface area contributed by atoms with Gasteiger partial charge in [-0.2, -0.15) is 0 Å². The lowest BCUT2D eigenvalue weighted by Crippen LogP contribution is -2.01. The maximum atomic E-state index is 12.3. The fraction of sp³-hybridized carbons (Fsp3) is 0.118. The first-order valence-corrected chi connectivity index (χ1v) is 7.04. The van der Waals surface area contributed by atoms with Crippen molar-refractivity contribution < 1.29 is 34.3 Å². The number of rotatable bonds is 3. The third kappa shape index (κ3) is 2.53. The van der Waals surface area contributed by atoms with E-state index in [4.69, 9.17) is 13.9 Å². The molecule has 0 aliphatic carbocycles. The van der Waals surface area contributed by atoms with Crippen molar-refractivity contribution in [2.45, 2.75) is 0 Å². The van der Waals surface area contributed by atoms with Gasteiger partial charge in [0.1, 0.15) is 22.6 Å². The number of aromatic hydroxyl groups is 4. The van der Waals surface area contributed by atoms with E-state index >= 15 is 0 Å². The van der Waals surface area contributed by atoms with Gasteiger partial charge < -0.3 is 34.3 Å². The van der Waals surface area contributed by atoms with Gasteiger partial charge in [0.15, 0.2) is 16.8 Å². The maximum Gasteiger partial charge on any atom is 0.208 e. The van der Waals surface area contributed by atoms with Crippen LogP contribution < -0.4 is 14.9 Å². The Morgan fingerprint density at radius 3 is 1.92 bits per heavy atom. The van der Waals surface area contributed by atoms with Gasteiger partial charge in [-0.1, -0.05) is 0 Å². The summed E-state index contributed by atoms with van der Waals surface area (Å²) in [5.41, 5.74) is -0.778. The second-order valence-corrected chi connectivity index (χ2v) is 5.17. The summed E-state index contributed by atoms with van der Waals surface area (Å²) in [7, 11) is 2.92. The Morgan fingerprint density at radius 1 is 0.800 bits per heavy atom. The van der Waals surface area contributed by atoms with Crippen LogP contribution in [0.1, 0.15) is 0 Å². The Labute approximate surface area is 140 Å². The van der Waals surface area contributed by atoms with Crippen LogP contribution in [0.5, 0.6) is 34.5 Å². The fourth-order valence-corrected chi connectivity index (χ4v) is 2.43. The van der Waals surface area contributed by atoms with E-state index in [2.05, 4.69) is 0 Å². The number of fused-ring (bicyclic) bond motifs is 1. The summed E-state index contributed by atoms with van der Waals surface area (Å²) in [5.74, 6) is -2.82. The first-order chi connectivity index (χ1) is 11.9. The molecule has 2 aromatic carbocycles. The average molecular weight is 346 g/mol. The minimum absolute atomic E-state index is 0.0366. The Bertz CT molecular complexity index is 1010. The third-order valence-corrected chi connectivity index (χ3v) is 3.71. The van der Waals surface area contributed by atoms with Crippen LogP contribution in [-0.2, 0) is 0 Å². The van der Waals surface area contributed by atoms with Crippen molar-refractivity contribution in [3.8, 4) is 45.8 Å². The molecule has 0 aliphatic rings. The zero-order chi connectivity index (χ0) is 18.3. The number of hydrogen-bond donors (Lipinski definition) is 4. The van der Waals surface area contributed by atoms with Crippen molar-refractivity contribution in [1.82, 2.24) is 0 Å². The zero-order valence-electron chi connectivity index (χ0n) is 13.2. The van der Waals surface area contributed by atoms with Crippen molar-refractivity contribution in [2.24, 2.45) is 0 Å². The molecule has 0 saturated heterocycles. The van der Waals surface area contributed by atoms with E-state index in [0.717, 1.165) is 6.07 Å². The van der Waals surface area contributed by atoms with Crippen LogP contribution in [-0.4, -0.2) is 34.6 Å². The monoisotopic (exact) mass is 346 g/mol. The van der Waals surface area contributed by atoms with E-state index < -0.39 is 39.4 Å². The molecule has 0 unspecified atom stereocenters. The number of hydrogen-bond acceptors (Lipinski definition) is 8. The molecule has 0 bridgehead atoms. The fourth-order valence-electron chi connectivity index (χ4n) is 2.43. The summed E-state index contributed by atoms with van der Waals surface area (Å²) < 4.78 is 15.8. The summed E-state index contributed by atoms with van der Waals surface area (Å²) in [6, 6.07) is 5.84. The van der Waals surface area contributed by atoms with Crippen LogP contribution in [0.3, 0.4) is 0 Å². The summed E-state index contributed by atoms with van der Waals surface area (Å²) in [4.78, 5) is 12.3. The molecule has 0 amide bonds. The van der Waals surface area contributed by atoms with Crippen LogP contribution >= 0.6 is 0 Å². The average Bonchev–Trinajstić information content (AvgIpc) is 2.63. The number of phenols is 4. The van der Waals surface area contributed by atoms with Gasteiger partial charge in [0, 0.05) is 17.7 Å². The first-order valence-electron chi connectivity index (χ1n) is 7.04. The quantitative estimate of drug-likeness (QED) is 0.420. The van der Waals surface area contributed by atoms with Gasteiger partial charge in [-0.3, -0.25) is 4.79 Å². The summed E-state index contributed by atoms with van der Waals surface area (Å²) in [5, 5.41) is 38.6. The minimum atomic E-state index is -1.01. The largest absolute Gasteiger partial charge is 0.504 e. The van der Waals surface area contributed by atoms with E-state index in [1.54, 1.807) is 18.2 Å². The van der Waals surface area contributed by atoms with Crippen molar-refractivity contribution in [3.63, 3.8) is 0 Å². The highest BCUT2D eigenvalue weighted by Gasteiger charge is 2.23. The Hall–Kier alpha value is -3.55. The zero-order valence-corrected chi connectivity index (χ0v) is 13.2. The molecule has 0 radical (unpaired) electrons. The van der Waals surface area contributed by atoms with Crippen molar-refractivity contribution in [2.75, 3.05) is 14.2 Å². The SMILES string of the molecule is COc1cc(OC)cc(-c2cc(=O)c3c(O)c(O)c(O)c(O)c3o2)c1. The molecule has 0 fully saturated rings. The van der Waals surface area contributed by atoms with Crippen molar-refractivity contribution >= 4 is 11.0 Å². The molecule has 0 spiro atoms. The summed E-state index contributed by atoms with van der Waals surface area (Å²) in [6.07, 6.45) is 0. The van der Waals surface area contributed by atoms with Crippen molar-refractivity contribution in [1.29, 1.82) is 0 Å². The van der Waals surface area contributed by atoms with E-state index in [1.807, 2.05) is 0 Å². The van der Waals surface area contributed by atoms with E-state index in [0.29, 0.717) is 17.1 Å². The lowest BCUT2D eigenvalue weighted by molar-refractivity contribution is 0.347. The topological polar surface area (TPSA) is 130 Å². The Kier molecular flexibility index (Phi) is 3.80. The number of phenolic OH excluding ortho intramolecular Hbond substituents is 4. The molecule has 0 aliphatic heterocycles. The lowest BCUT2D eigenvalue weighted by Gasteiger charge is -2.11. The molecule has 3 rings (SSSR count). The lowest BCUT2D eigenvalue weighted by atomic mass is 10.1. The second kappa shape index (κ2) is 5.82. The van der Waals surface area contributed by atoms with E-state index in [-0.39, 0.29) is 5.76 Å². The molecule has 25 heavy (non-hydrogen) atoms. The molecule has 0 saturated carbocycles. The molecule has 1 aromatic heterocycles. The first kappa shape index (κ1) is 16.3. The van der Waals surface area contributed by atoms with Crippen molar-refractivity contribution in [3.05, 3.63) is 34.5 Å². The van der Waals surface area contributed by atoms with Gasteiger partial charge in [-0.15, -0.1) is 0 Å². The molecule has 130 valence electrons. The van der Waals surface area contributed by atoms with Crippen LogP contribution in [0.4, 0.5) is 0 Å². The van der Waals surface area contributed by atoms with Gasteiger partial charge in [0.25, 0.3) is 0 Å². The molecule has 3 aromatic rings. The van der Waals surface area contributed by atoms with Gasteiger partial charge in [-0.25, -0.2) is 0 Å². The Balaban J connectivity index is 2.35. The summed E-state index contributed by atoms with van der Waals surface area (Å²) in [6.45, 7) is 0. The second-order valence-electron chi connectivity index (χ2n) is 5.17. The normalized spacial score (nSPS) is 10.8. The number of methoxy groups -OCH3 is 2. The minimum Gasteiger partial charge on any atom is -0.504 e. The predicted octanol–water partition coefficient (Wildman–Crippen LogP) is 2.30. The molecular weight excluding hydrogens is 332 g/mol. The van der Waals surface area contributed by atoms with Gasteiger partial charge in [0.05, 0.1) is 14.2 Å². The Morgan fingerprint density at radius 2 is 1.36 bits per heavy atom. The van der Waals surface area contributed by atoms with E-state index in [1.165, 1.54) is 14.2 Å². The highest BCUT2D eigenvalue weighted by atomic mass is 16.5. The van der Waals surface area contributed by atoms with Crippen LogP contribution in [0.2, 0.25) is 0 Å². The number of ether oxygens (including phenoxy) is 2. The molecular formula is C17H14O8. The predicted molar refractivity (Wildman–Crippen MR) is 87.7 cm³/mol. The maximum absolute atomic E-state index is 12.3. The molecule has 4 N–H and O–H groups in total. The highest BCUT2D eigenvalue weighted by Crippen LogP contribution is 2.48. The molecule has 8 heteroatoms. The standard InChI is InChI=1S/C17H14O8/c1-23-8-3-7(4-9(5-8)24-2)11-6-10(18)12-13(19)14(20)15(21)16(22)17(12)25-11/h3-6,19-22H,1-2H3. The molecule has 1 heterocycles.